The maximum absolute atomic E-state index is 12.1. The zero-order valence-corrected chi connectivity index (χ0v) is 10.6. The van der Waals surface area contributed by atoms with Gasteiger partial charge in [0.1, 0.15) is 5.75 Å². The lowest BCUT2D eigenvalue weighted by Gasteiger charge is -2.12. The number of aliphatic hydroxyl groups excluding tert-OH is 1. The first kappa shape index (κ1) is 15.7. The Bertz CT molecular complexity index is 513. The summed E-state index contributed by atoms with van der Waals surface area (Å²) < 4.78 is 61.6. The molecule has 0 radical (unpaired) electrons. The quantitative estimate of drug-likeness (QED) is 0.630. The van der Waals surface area contributed by atoms with E-state index in [9.17, 15) is 26.7 Å². The molecule has 0 saturated carbocycles. The smallest absolute Gasteiger partial charge is 0.387 e. The number of nitrogens with one attached hydrogen (secondary N) is 1. The first-order chi connectivity index (χ1) is 8.67. The normalized spacial score (nSPS) is 14.2. The highest BCUT2D eigenvalue weighted by molar-refractivity contribution is 7.87. The van der Waals surface area contributed by atoms with Gasteiger partial charge in [0.15, 0.2) is 0 Å². The maximum Gasteiger partial charge on any atom is 0.534 e. The molecule has 0 saturated heterocycles. The third kappa shape index (κ3) is 4.08. The van der Waals surface area contributed by atoms with Crippen LogP contribution < -0.4 is 9.50 Å². The minimum Gasteiger partial charge on any atom is -0.387 e. The van der Waals surface area contributed by atoms with Crippen molar-refractivity contribution in [3.8, 4) is 5.75 Å². The van der Waals surface area contributed by atoms with Gasteiger partial charge in [0, 0.05) is 6.54 Å². The van der Waals surface area contributed by atoms with E-state index in [1.54, 1.807) is 7.05 Å². The topological polar surface area (TPSA) is 75.6 Å². The van der Waals surface area contributed by atoms with Crippen LogP contribution in [0.1, 0.15) is 11.7 Å². The second kappa shape index (κ2) is 5.76. The molecule has 0 amide bonds. The first-order valence-corrected chi connectivity index (χ1v) is 6.51. The molecule has 2 N–H and O–H groups in total. The summed E-state index contributed by atoms with van der Waals surface area (Å²) in [6.07, 6.45) is -0.849. The van der Waals surface area contributed by atoms with Crippen molar-refractivity contribution in [2.24, 2.45) is 0 Å². The molecule has 1 unspecified atom stereocenters. The highest BCUT2D eigenvalue weighted by Gasteiger charge is 2.48. The van der Waals surface area contributed by atoms with Crippen LogP contribution in [0.15, 0.2) is 24.3 Å². The molecule has 19 heavy (non-hydrogen) atoms. The molecule has 0 aliphatic carbocycles. The zero-order chi connectivity index (χ0) is 14.7. The number of hydrogen-bond acceptors (Lipinski definition) is 5. The highest BCUT2D eigenvalue weighted by atomic mass is 32.2. The molecule has 0 aliphatic heterocycles. The van der Waals surface area contributed by atoms with Gasteiger partial charge < -0.3 is 14.6 Å². The minimum atomic E-state index is -5.67. The summed E-state index contributed by atoms with van der Waals surface area (Å²) in [4.78, 5) is 0. The predicted octanol–water partition coefficient (Wildman–Crippen LogP) is 1.17. The van der Waals surface area contributed by atoms with Gasteiger partial charge in [-0.2, -0.15) is 21.6 Å². The van der Waals surface area contributed by atoms with E-state index >= 15 is 0 Å². The van der Waals surface area contributed by atoms with Crippen molar-refractivity contribution < 1.29 is 30.9 Å². The Morgan fingerprint density at radius 1 is 1.32 bits per heavy atom. The fraction of sp³-hybridized carbons (Fsp3) is 0.400. The molecule has 0 bridgehead atoms. The number of halogens is 3. The molecule has 0 heterocycles. The standard InChI is InChI=1S/C10H12F3NO4S/c1-14-6-9(15)7-2-4-8(5-3-7)18-19(16,17)10(11,12)13/h2-5,9,14-15H,6H2,1H3. The predicted molar refractivity (Wildman–Crippen MR) is 60.9 cm³/mol. The van der Waals surface area contributed by atoms with Crippen LogP contribution in [0, 0.1) is 0 Å². The monoisotopic (exact) mass is 299 g/mol. The van der Waals surface area contributed by atoms with E-state index in [1.165, 1.54) is 12.1 Å². The number of likely N-dealkylation sites (N-methyl/N-ethyl adjacent to an activating group) is 1. The summed E-state index contributed by atoms with van der Waals surface area (Å²) in [5.74, 6) is -0.474. The molecule has 9 heteroatoms. The van der Waals surface area contributed by atoms with Crippen LogP contribution in [0.2, 0.25) is 0 Å². The average molecular weight is 299 g/mol. The second-order valence-electron chi connectivity index (χ2n) is 3.63. The van der Waals surface area contributed by atoms with Crippen molar-refractivity contribution >= 4 is 10.1 Å². The largest absolute Gasteiger partial charge is 0.534 e. The van der Waals surface area contributed by atoms with Gasteiger partial charge in [0.25, 0.3) is 0 Å². The third-order valence-electron chi connectivity index (χ3n) is 2.15. The minimum absolute atomic E-state index is 0.251. The zero-order valence-electron chi connectivity index (χ0n) is 9.81. The summed E-state index contributed by atoms with van der Waals surface area (Å²) in [5.41, 5.74) is -5.05. The van der Waals surface area contributed by atoms with Gasteiger partial charge in [0.05, 0.1) is 6.10 Å². The van der Waals surface area contributed by atoms with Gasteiger partial charge in [0.2, 0.25) is 0 Å². The number of alkyl halides is 3. The molecule has 1 aromatic rings. The molecule has 0 fully saturated rings. The van der Waals surface area contributed by atoms with Crippen molar-refractivity contribution in [1.82, 2.24) is 5.32 Å². The van der Waals surface area contributed by atoms with Gasteiger partial charge in [-0.25, -0.2) is 0 Å². The fourth-order valence-electron chi connectivity index (χ4n) is 1.23. The lowest BCUT2D eigenvalue weighted by atomic mass is 10.1. The summed E-state index contributed by atoms with van der Waals surface area (Å²) in [6.45, 7) is 0.251. The van der Waals surface area contributed by atoms with Crippen LogP contribution in [0.5, 0.6) is 5.75 Å². The van der Waals surface area contributed by atoms with Crippen LogP contribution in [0.25, 0.3) is 0 Å². The van der Waals surface area contributed by atoms with Crippen molar-refractivity contribution in [3.63, 3.8) is 0 Å². The van der Waals surface area contributed by atoms with Gasteiger partial charge in [-0.1, -0.05) is 12.1 Å². The number of rotatable bonds is 5. The van der Waals surface area contributed by atoms with Crippen molar-refractivity contribution in [3.05, 3.63) is 29.8 Å². The number of hydrogen-bond donors (Lipinski definition) is 2. The molecular formula is C10H12F3NO4S. The number of benzene rings is 1. The Kier molecular flexibility index (Phi) is 4.77. The molecule has 1 aromatic carbocycles. The van der Waals surface area contributed by atoms with E-state index in [1.807, 2.05) is 0 Å². The fourth-order valence-corrected chi connectivity index (χ4v) is 1.69. The van der Waals surface area contributed by atoms with Gasteiger partial charge in [-0.05, 0) is 24.7 Å². The summed E-state index contributed by atoms with van der Waals surface area (Å²) in [7, 11) is -4.05. The van der Waals surface area contributed by atoms with E-state index in [0.717, 1.165) is 12.1 Å². The third-order valence-corrected chi connectivity index (χ3v) is 3.13. The van der Waals surface area contributed by atoms with E-state index < -0.39 is 27.5 Å². The summed E-state index contributed by atoms with van der Waals surface area (Å²) in [5, 5.41) is 12.3. The van der Waals surface area contributed by atoms with E-state index in [4.69, 9.17) is 0 Å². The Hall–Kier alpha value is -1.32. The van der Waals surface area contributed by atoms with Crippen molar-refractivity contribution in [1.29, 1.82) is 0 Å². The van der Waals surface area contributed by atoms with Crippen LogP contribution in [-0.4, -0.2) is 32.6 Å². The Morgan fingerprint density at radius 3 is 2.26 bits per heavy atom. The lowest BCUT2D eigenvalue weighted by molar-refractivity contribution is -0.0500. The van der Waals surface area contributed by atoms with Crippen LogP contribution in [0.4, 0.5) is 13.2 Å². The van der Waals surface area contributed by atoms with Crippen molar-refractivity contribution in [2.45, 2.75) is 11.6 Å². The maximum atomic E-state index is 12.1. The van der Waals surface area contributed by atoms with E-state index in [0.29, 0.717) is 5.56 Å². The lowest BCUT2D eigenvalue weighted by Crippen LogP contribution is -2.28. The second-order valence-corrected chi connectivity index (χ2v) is 5.16. The highest BCUT2D eigenvalue weighted by Crippen LogP contribution is 2.27. The van der Waals surface area contributed by atoms with Crippen molar-refractivity contribution in [2.75, 3.05) is 13.6 Å². The average Bonchev–Trinajstić information content (AvgIpc) is 2.28. The molecule has 0 aliphatic rings. The Balaban J connectivity index is 2.84. The van der Waals surface area contributed by atoms with Gasteiger partial charge in [-0.3, -0.25) is 0 Å². The molecular weight excluding hydrogens is 287 g/mol. The molecule has 0 spiro atoms. The Labute approximate surface area is 108 Å². The molecule has 0 aromatic heterocycles. The summed E-state index contributed by atoms with van der Waals surface area (Å²) >= 11 is 0. The molecule has 5 nitrogen and oxygen atoms in total. The van der Waals surface area contributed by atoms with Gasteiger partial charge >= 0.3 is 15.6 Å². The van der Waals surface area contributed by atoms with E-state index in [2.05, 4.69) is 9.50 Å². The first-order valence-electron chi connectivity index (χ1n) is 5.11. The summed E-state index contributed by atoms with van der Waals surface area (Å²) in [6, 6.07) is 4.64. The van der Waals surface area contributed by atoms with Crippen LogP contribution in [-0.2, 0) is 10.1 Å². The molecule has 108 valence electrons. The number of aliphatic hydroxyl groups is 1. The van der Waals surface area contributed by atoms with Crippen LogP contribution in [0.3, 0.4) is 0 Å². The molecule has 1 atom stereocenters. The van der Waals surface area contributed by atoms with E-state index in [-0.39, 0.29) is 6.54 Å². The Morgan fingerprint density at radius 2 is 1.84 bits per heavy atom. The van der Waals surface area contributed by atoms with Gasteiger partial charge in [-0.15, -0.1) is 0 Å². The van der Waals surface area contributed by atoms with Crippen LogP contribution >= 0.6 is 0 Å². The molecule has 1 rings (SSSR count). The SMILES string of the molecule is CNCC(O)c1ccc(OS(=O)(=O)C(F)(F)F)cc1.